The number of amides is 1. The van der Waals surface area contributed by atoms with Gasteiger partial charge in [-0.3, -0.25) is 9.89 Å². The van der Waals surface area contributed by atoms with E-state index in [2.05, 4.69) is 26.6 Å². The number of hydrogen-bond donors (Lipinski definition) is 3. The van der Waals surface area contributed by atoms with Gasteiger partial charge in [-0.2, -0.15) is 5.10 Å². The van der Waals surface area contributed by atoms with E-state index in [1.807, 2.05) is 66.9 Å². The largest absolute Gasteiger partial charge is 0.493 e. The van der Waals surface area contributed by atoms with Crippen LogP contribution in [0.15, 0.2) is 72.9 Å². The maximum atomic E-state index is 13.1. The maximum absolute atomic E-state index is 13.1. The van der Waals surface area contributed by atoms with Crippen molar-refractivity contribution >= 4 is 27.7 Å². The van der Waals surface area contributed by atoms with Crippen LogP contribution < -0.4 is 14.8 Å². The van der Waals surface area contributed by atoms with Gasteiger partial charge in [0, 0.05) is 40.5 Å². The second-order valence-electron chi connectivity index (χ2n) is 7.75. The first kappa shape index (κ1) is 20.6. The quantitative estimate of drug-likeness (QED) is 0.344. The summed E-state index contributed by atoms with van der Waals surface area (Å²) in [5, 5.41) is 12.1. The van der Waals surface area contributed by atoms with E-state index < -0.39 is 0 Å². The second-order valence-corrected chi connectivity index (χ2v) is 7.75. The van der Waals surface area contributed by atoms with Crippen LogP contribution in [0.3, 0.4) is 0 Å². The molecule has 0 aliphatic heterocycles. The van der Waals surface area contributed by atoms with Gasteiger partial charge in [0.2, 0.25) is 0 Å². The fraction of sp³-hybridized carbons (Fsp3) is 0.154. The Balaban J connectivity index is 1.54. The number of carbonyl (C=O) groups is 1. The number of benzene rings is 3. The average molecular weight is 441 g/mol. The van der Waals surface area contributed by atoms with E-state index in [4.69, 9.17) is 9.47 Å². The summed E-state index contributed by atoms with van der Waals surface area (Å²) in [4.78, 5) is 16.5. The summed E-state index contributed by atoms with van der Waals surface area (Å²) in [5.74, 6) is 0.874. The lowest BCUT2D eigenvalue weighted by atomic mass is 9.89. The highest BCUT2D eigenvalue weighted by Crippen LogP contribution is 2.40. The summed E-state index contributed by atoms with van der Waals surface area (Å²) in [6.07, 6.45) is 1.99. The van der Waals surface area contributed by atoms with Crippen molar-refractivity contribution in [2.45, 2.75) is 5.92 Å². The molecule has 0 spiro atoms. The molecule has 5 rings (SSSR count). The van der Waals surface area contributed by atoms with Gasteiger partial charge in [0.05, 0.1) is 19.7 Å². The zero-order valence-corrected chi connectivity index (χ0v) is 18.4. The Labute approximate surface area is 190 Å². The maximum Gasteiger partial charge on any atom is 0.272 e. The topological polar surface area (TPSA) is 92.0 Å². The molecule has 2 heterocycles. The molecule has 0 fully saturated rings. The zero-order valence-electron chi connectivity index (χ0n) is 18.4. The molecule has 1 unspecified atom stereocenters. The van der Waals surface area contributed by atoms with Crippen molar-refractivity contribution in [3.8, 4) is 11.5 Å². The minimum atomic E-state index is -0.237. The number of carbonyl (C=O) groups excluding carboxylic acids is 1. The molecule has 33 heavy (non-hydrogen) atoms. The number of rotatable bonds is 7. The number of para-hydroxylation sites is 3. The summed E-state index contributed by atoms with van der Waals surface area (Å²) in [6, 6.07) is 21.5. The number of H-pyrrole nitrogens is 2. The number of aromatic amines is 2. The van der Waals surface area contributed by atoms with Crippen molar-refractivity contribution in [1.29, 1.82) is 0 Å². The number of methoxy groups -OCH3 is 2. The van der Waals surface area contributed by atoms with Crippen LogP contribution in [-0.4, -0.2) is 41.9 Å². The highest BCUT2D eigenvalue weighted by atomic mass is 16.5. The van der Waals surface area contributed by atoms with Crippen LogP contribution in [0.25, 0.3) is 21.8 Å². The Morgan fingerprint density at radius 2 is 1.67 bits per heavy atom. The number of hydrogen-bond acceptors (Lipinski definition) is 4. The van der Waals surface area contributed by atoms with Crippen LogP contribution in [0.5, 0.6) is 11.5 Å². The molecule has 2 aromatic heterocycles. The first-order valence-corrected chi connectivity index (χ1v) is 10.7. The number of nitrogens with one attached hydrogen (secondary N) is 3. The fourth-order valence-corrected chi connectivity index (χ4v) is 4.37. The standard InChI is InChI=1S/C26H24N4O3/c1-32-23-13-7-10-17(25(23)33-2)20(19-14-27-21-11-5-3-8-16(19)21)15-28-26(31)24-18-9-4-6-12-22(18)29-30-24/h3-14,20,27H,15H2,1-2H3,(H,28,31)(H,29,30). The van der Waals surface area contributed by atoms with Gasteiger partial charge in [0.25, 0.3) is 5.91 Å². The molecule has 5 aromatic rings. The van der Waals surface area contributed by atoms with Gasteiger partial charge in [0.15, 0.2) is 17.2 Å². The van der Waals surface area contributed by atoms with E-state index in [1.165, 1.54) is 0 Å². The molecule has 0 saturated carbocycles. The molecule has 0 saturated heterocycles. The Morgan fingerprint density at radius 3 is 2.45 bits per heavy atom. The Hall–Kier alpha value is -4.26. The number of nitrogens with zero attached hydrogens (tertiary/aromatic N) is 1. The number of fused-ring (bicyclic) bond motifs is 2. The van der Waals surface area contributed by atoms with Crippen molar-refractivity contribution < 1.29 is 14.3 Å². The predicted octanol–water partition coefficient (Wildman–Crippen LogP) is 4.62. The van der Waals surface area contributed by atoms with Crippen molar-refractivity contribution in [2.24, 2.45) is 0 Å². The van der Waals surface area contributed by atoms with Gasteiger partial charge < -0.3 is 19.8 Å². The minimum Gasteiger partial charge on any atom is -0.493 e. The van der Waals surface area contributed by atoms with E-state index in [0.29, 0.717) is 23.7 Å². The van der Waals surface area contributed by atoms with Crippen LogP contribution >= 0.6 is 0 Å². The van der Waals surface area contributed by atoms with Gasteiger partial charge >= 0.3 is 0 Å². The molecule has 3 N–H and O–H groups in total. The van der Waals surface area contributed by atoms with Gasteiger partial charge in [-0.25, -0.2) is 0 Å². The third kappa shape index (κ3) is 3.67. The fourth-order valence-electron chi connectivity index (χ4n) is 4.37. The molecular formula is C26H24N4O3. The third-order valence-electron chi connectivity index (χ3n) is 5.96. The lowest BCUT2D eigenvalue weighted by molar-refractivity contribution is 0.0949. The van der Waals surface area contributed by atoms with E-state index in [-0.39, 0.29) is 11.8 Å². The molecule has 1 atom stereocenters. The van der Waals surface area contributed by atoms with Gasteiger partial charge in [-0.05, 0) is 23.8 Å². The highest BCUT2D eigenvalue weighted by molar-refractivity contribution is 6.04. The van der Waals surface area contributed by atoms with Crippen molar-refractivity contribution in [3.63, 3.8) is 0 Å². The molecule has 0 aliphatic carbocycles. The van der Waals surface area contributed by atoms with Crippen LogP contribution in [0, 0.1) is 0 Å². The number of aromatic nitrogens is 3. The van der Waals surface area contributed by atoms with Crippen molar-refractivity contribution in [2.75, 3.05) is 20.8 Å². The summed E-state index contributed by atoms with van der Waals surface area (Å²) >= 11 is 0. The Bertz CT molecular complexity index is 1440. The number of ether oxygens (including phenoxy) is 2. The molecule has 0 radical (unpaired) electrons. The van der Waals surface area contributed by atoms with E-state index in [1.54, 1.807) is 14.2 Å². The first-order chi connectivity index (χ1) is 16.2. The minimum absolute atomic E-state index is 0.180. The lowest BCUT2D eigenvalue weighted by Gasteiger charge is -2.21. The van der Waals surface area contributed by atoms with E-state index >= 15 is 0 Å². The third-order valence-corrected chi connectivity index (χ3v) is 5.96. The molecule has 7 heteroatoms. The molecule has 0 aliphatic rings. The normalized spacial score (nSPS) is 12.1. The van der Waals surface area contributed by atoms with Crippen molar-refractivity contribution in [1.82, 2.24) is 20.5 Å². The summed E-state index contributed by atoms with van der Waals surface area (Å²) in [6.45, 7) is 0.353. The molecule has 3 aromatic carbocycles. The van der Waals surface area contributed by atoms with Gasteiger partial charge in [-0.1, -0.05) is 48.5 Å². The smallest absolute Gasteiger partial charge is 0.272 e. The Kier molecular flexibility index (Phi) is 5.44. The molecular weight excluding hydrogens is 416 g/mol. The highest BCUT2D eigenvalue weighted by Gasteiger charge is 2.25. The SMILES string of the molecule is COc1cccc(C(CNC(=O)c2n[nH]c3ccccc23)c2c[nH]c3ccccc23)c1OC. The second kappa shape index (κ2) is 8.70. The zero-order chi connectivity index (χ0) is 22.8. The summed E-state index contributed by atoms with van der Waals surface area (Å²) < 4.78 is 11.3. The summed E-state index contributed by atoms with van der Waals surface area (Å²) in [7, 11) is 3.24. The first-order valence-electron chi connectivity index (χ1n) is 10.7. The predicted molar refractivity (Wildman–Crippen MR) is 128 cm³/mol. The van der Waals surface area contributed by atoms with E-state index in [0.717, 1.165) is 32.9 Å². The monoisotopic (exact) mass is 440 g/mol. The van der Waals surface area contributed by atoms with Gasteiger partial charge in [0.1, 0.15) is 0 Å². The molecule has 7 nitrogen and oxygen atoms in total. The van der Waals surface area contributed by atoms with Gasteiger partial charge in [-0.15, -0.1) is 0 Å². The molecule has 0 bridgehead atoms. The molecule has 1 amide bonds. The van der Waals surface area contributed by atoms with Crippen LogP contribution in [0.1, 0.15) is 27.5 Å². The lowest BCUT2D eigenvalue weighted by Crippen LogP contribution is -2.29. The van der Waals surface area contributed by atoms with E-state index in [9.17, 15) is 4.79 Å². The van der Waals surface area contributed by atoms with Crippen LogP contribution in [0.2, 0.25) is 0 Å². The van der Waals surface area contributed by atoms with Crippen molar-refractivity contribution in [3.05, 3.63) is 89.7 Å². The summed E-state index contributed by atoms with van der Waals surface area (Å²) in [5.41, 5.74) is 4.22. The van der Waals surface area contributed by atoms with Crippen LogP contribution in [0.4, 0.5) is 0 Å². The molecule has 166 valence electrons. The Morgan fingerprint density at radius 1 is 0.909 bits per heavy atom. The average Bonchev–Trinajstić information content (AvgIpc) is 3.48. The van der Waals surface area contributed by atoms with Crippen LogP contribution in [-0.2, 0) is 0 Å².